The van der Waals surface area contributed by atoms with E-state index in [1.165, 1.54) is 48.8 Å². The van der Waals surface area contributed by atoms with Crippen molar-refractivity contribution in [3.63, 3.8) is 0 Å². The van der Waals surface area contributed by atoms with Gasteiger partial charge in [-0.1, -0.05) is 44.4 Å². The summed E-state index contributed by atoms with van der Waals surface area (Å²) in [5, 5.41) is 8.93. The van der Waals surface area contributed by atoms with Gasteiger partial charge in [0.05, 0.1) is 0 Å². The monoisotopic (exact) mass is 220 g/mol. The summed E-state index contributed by atoms with van der Waals surface area (Å²) in [6, 6.07) is 6.57. The highest BCUT2D eigenvalue weighted by molar-refractivity contribution is 5.31. The molecule has 0 amide bonds. The largest absolute Gasteiger partial charge is 0.396 e. The van der Waals surface area contributed by atoms with Gasteiger partial charge in [0.25, 0.3) is 0 Å². The molecule has 1 N–H and O–H groups in total. The minimum absolute atomic E-state index is 0.248. The third-order valence-corrected chi connectivity index (χ3v) is 3.11. The lowest BCUT2D eigenvalue weighted by Gasteiger charge is -2.08. The van der Waals surface area contributed by atoms with Crippen LogP contribution < -0.4 is 0 Å². The number of unbranched alkanes of at least 4 members (excludes halogenated alkanes) is 3. The number of benzene rings is 1. The summed E-state index contributed by atoms with van der Waals surface area (Å²) < 4.78 is 0. The molecule has 1 aromatic carbocycles. The molecular weight excluding hydrogens is 196 g/mol. The fourth-order valence-electron chi connectivity index (χ4n) is 2.02. The van der Waals surface area contributed by atoms with E-state index >= 15 is 0 Å². The normalized spacial score (nSPS) is 10.7. The lowest BCUT2D eigenvalue weighted by molar-refractivity contribution is 0.299. The van der Waals surface area contributed by atoms with E-state index in [9.17, 15) is 0 Å². The molecule has 0 atom stereocenters. The van der Waals surface area contributed by atoms with Crippen LogP contribution in [0, 0.1) is 6.92 Å². The van der Waals surface area contributed by atoms with E-state index in [0.717, 1.165) is 6.42 Å². The van der Waals surface area contributed by atoms with Crippen molar-refractivity contribution in [1.82, 2.24) is 0 Å². The molecule has 0 fully saturated rings. The van der Waals surface area contributed by atoms with E-state index in [0.29, 0.717) is 0 Å². The van der Waals surface area contributed by atoms with Gasteiger partial charge >= 0.3 is 0 Å². The minimum atomic E-state index is 0.248. The van der Waals surface area contributed by atoms with Crippen LogP contribution in [0.4, 0.5) is 0 Å². The molecule has 1 nitrogen and oxygen atoms in total. The summed E-state index contributed by atoms with van der Waals surface area (Å²) in [5.41, 5.74) is 4.11. The fraction of sp³-hybridized carbons (Fsp3) is 0.600. The molecule has 0 aliphatic heterocycles. The Labute approximate surface area is 99.5 Å². The van der Waals surface area contributed by atoms with Gasteiger partial charge in [-0.05, 0) is 42.9 Å². The standard InChI is InChI=1S/C15H24O/c1-3-4-5-6-7-15-12-14(10-11-16)9-8-13(15)2/h8-9,12,16H,3-7,10-11H2,1-2H3. The predicted molar refractivity (Wildman–Crippen MR) is 69.8 cm³/mol. The Morgan fingerprint density at radius 3 is 2.56 bits per heavy atom. The van der Waals surface area contributed by atoms with Crippen molar-refractivity contribution in [3.8, 4) is 0 Å². The van der Waals surface area contributed by atoms with Crippen molar-refractivity contribution in [1.29, 1.82) is 0 Å². The minimum Gasteiger partial charge on any atom is -0.396 e. The van der Waals surface area contributed by atoms with Crippen LogP contribution in [0.3, 0.4) is 0 Å². The molecule has 0 unspecified atom stereocenters. The zero-order chi connectivity index (χ0) is 11.8. The van der Waals surface area contributed by atoms with E-state index in [1.807, 2.05) is 0 Å². The van der Waals surface area contributed by atoms with Crippen LogP contribution in [0.25, 0.3) is 0 Å². The molecule has 0 spiro atoms. The Bertz CT molecular complexity index is 304. The van der Waals surface area contributed by atoms with Crippen molar-refractivity contribution >= 4 is 0 Å². The van der Waals surface area contributed by atoms with E-state index in [4.69, 9.17) is 5.11 Å². The molecule has 1 aromatic rings. The summed E-state index contributed by atoms with van der Waals surface area (Å²) in [6.45, 7) is 4.67. The Hall–Kier alpha value is -0.820. The SMILES string of the molecule is CCCCCCc1cc(CCO)ccc1C. The van der Waals surface area contributed by atoms with Gasteiger partial charge < -0.3 is 5.11 Å². The van der Waals surface area contributed by atoms with Crippen LogP contribution in [0.2, 0.25) is 0 Å². The number of aliphatic hydroxyl groups excluding tert-OH is 1. The van der Waals surface area contributed by atoms with Crippen molar-refractivity contribution < 1.29 is 5.11 Å². The molecular formula is C15H24O. The first-order valence-electron chi connectivity index (χ1n) is 6.47. The zero-order valence-corrected chi connectivity index (χ0v) is 10.6. The average Bonchev–Trinajstić information content (AvgIpc) is 2.29. The maximum atomic E-state index is 8.93. The molecule has 0 saturated carbocycles. The Kier molecular flexibility index (Phi) is 6.17. The van der Waals surface area contributed by atoms with Crippen molar-refractivity contribution in [2.75, 3.05) is 6.61 Å². The van der Waals surface area contributed by atoms with Gasteiger partial charge in [-0.25, -0.2) is 0 Å². The quantitative estimate of drug-likeness (QED) is 0.695. The van der Waals surface area contributed by atoms with Crippen LogP contribution in [0.15, 0.2) is 18.2 Å². The van der Waals surface area contributed by atoms with Crippen LogP contribution >= 0.6 is 0 Å². The second-order valence-corrected chi connectivity index (χ2v) is 4.55. The molecule has 0 aliphatic carbocycles. The van der Waals surface area contributed by atoms with Crippen molar-refractivity contribution in [2.45, 2.75) is 52.4 Å². The van der Waals surface area contributed by atoms with Crippen LogP contribution in [0.1, 0.15) is 49.3 Å². The maximum Gasteiger partial charge on any atom is 0.0471 e. The summed E-state index contributed by atoms with van der Waals surface area (Å²) in [4.78, 5) is 0. The molecule has 0 aromatic heterocycles. The van der Waals surface area contributed by atoms with E-state index in [-0.39, 0.29) is 6.61 Å². The Balaban J connectivity index is 2.52. The number of aliphatic hydroxyl groups is 1. The third kappa shape index (κ3) is 4.36. The van der Waals surface area contributed by atoms with Crippen LogP contribution in [0.5, 0.6) is 0 Å². The predicted octanol–water partition coefficient (Wildman–Crippen LogP) is 3.65. The van der Waals surface area contributed by atoms with Crippen molar-refractivity contribution in [2.24, 2.45) is 0 Å². The van der Waals surface area contributed by atoms with Gasteiger partial charge in [-0.15, -0.1) is 0 Å². The third-order valence-electron chi connectivity index (χ3n) is 3.11. The summed E-state index contributed by atoms with van der Waals surface area (Å²) >= 11 is 0. The van der Waals surface area contributed by atoms with Crippen molar-refractivity contribution in [3.05, 3.63) is 34.9 Å². The highest BCUT2D eigenvalue weighted by atomic mass is 16.2. The van der Waals surface area contributed by atoms with E-state index in [1.54, 1.807) is 0 Å². The van der Waals surface area contributed by atoms with Crippen LogP contribution in [-0.2, 0) is 12.8 Å². The lowest BCUT2D eigenvalue weighted by atomic mass is 9.98. The first-order chi connectivity index (χ1) is 7.77. The maximum absolute atomic E-state index is 8.93. The molecule has 90 valence electrons. The first kappa shape index (κ1) is 13.2. The molecule has 0 radical (unpaired) electrons. The fourth-order valence-corrected chi connectivity index (χ4v) is 2.02. The number of hydrogen-bond donors (Lipinski definition) is 1. The van der Waals surface area contributed by atoms with Gasteiger partial charge in [-0.3, -0.25) is 0 Å². The Morgan fingerprint density at radius 2 is 1.88 bits per heavy atom. The number of rotatable bonds is 7. The van der Waals surface area contributed by atoms with Gasteiger partial charge in [0.2, 0.25) is 0 Å². The smallest absolute Gasteiger partial charge is 0.0471 e. The molecule has 0 aliphatic rings. The Morgan fingerprint density at radius 1 is 1.06 bits per heavy atom. The van der Waals surface area contributed by atoms with Gasteiger partial charge in [0.1, 0.15) is 0 Å². The molecule has 0 bridgehead atoms. The molecule has 1 heteroatoms. The second-order valence-electron chi connectivity index (χ2n) is 4.55. The topological polar surface area (TPSA) is 20.2 Å². The molecule has 16 heavy (non-hydrogen) atoms. The van der Waals surface area contributed by atoms with Gasteiger partial charge in [0.15, 0.2) is 0 Å². The molecule has 0 saturated heterocycles. The molecule has 1 rings (SSSR count). The lowest BCUT2D eigenvalue weighted by Crippen LogP contribution is -1.96. The van der Waals surface area contributed by atoms with Gasteiger partial charge in [-0.2, -0.15) is 0 Å². The number of hydrogen-bond acceptors (Lipinski definition) is 1. The molecule has 0 heterocycles. The summed E-state index contributed by atoms with van der Waals surface area (Å²) in [7, 11) is 0. The van der Waals surface area contributed by atoms with Crippen LogP contribution in [-0.4, -0.2) is 11.7 Å². The summed E-state index contributed by atoms with van der Waals surface area (Å²) in [6.07, 6.45) is 7.23. The average molecular weight is 220 g/mol. The van der Waals surface area contributed by atoms with E-state index in [2.05, 4.69) is 32.0 Å². The zero-order valence-electron chi connectivity index (χ0n) is 10.6. The van der Waals surface area contributed by atoms with E-state index < -0.39 is 0 Å². The highest BCUT2D eigenvalue weighted by Gasteiger charge is 2.00. The number of aryl methyl sites for hydroxylation is 2. The summed E-state index contributed by atoms with van der Waals surface area (Å²) in [5.74, 6) is 0. The van der Waals surface area contributed by atoms with Gasteiger partial charge in [0, 0.05) is 6.61 Å². The first-order valence-corrected chi connectivity index (χ1v) is 6.47. The second kappa shape index (κ2) is 7.45. The highest BCUT2D eigenvalue weighted by Crippen LogP contribution is 2.15.